The minimum Gasteiger partial charge on any atom is -0.507 e. The predicted octanol–water partition coefficient (Wildman–Crippen LogP) is 4.00. The zero-order valence-corrected chi connectivity index (χ0v) is 15.2. The first-order valence-electron chi connectivity index (χ1n) is 8.93. The van der Waals surface area contributed by atoms with Gasteiger partial charge in [0, 0.05) is 11.1 Å². The lowest BCUT2D eigenvalue weighted by molar-refractivity contribution is -0.142. The minimum atomic E-state index is -0.744. The Bertz CT molecular complexity index is 818. The van der Waals surface area contributed by atoms with Crippen LogP contribution in [0.25, 0.3) is 6.08 Å². The van der Waals surface area contributed by atoms with Gasteiger partial charge in [-0.2, -0.15) is 0 Å². The summed E-state index contributed by atoms with van der Waals surface area (Å²) in [5.41, 5.74) is 4.32. The van der Waals surface area contributed by atoms with E-state index in [0.717, 1.165) is 29.5 Å². The van der Waals surface area contributed by atoms with Crippen LogP contribution < -0.4 is 0 Å². The molecule has 1 aromatic carbocycles. The van der Waals surface area contributed by atoms with Gasteiger partial charge >= 0.3 is 11.9 Å². The molecule has 2 N–H and O–H groups in total. The number of aromatic hydroxyl groups is 1. The highest BCUT2D eigenvalue weighted by molar-refractivity contribution is 5.98. The second kappa shape index (κ2) is 6.98. The molecule has 1 aromatic rings. The topological polar surface area (TPSA) is 83.8 Å². The van der Waals surface area contributed by atoms with Crippen molar-refractivity contribution in [2.45, 2.75) is 46.1 Å². The van der Waals surface area contributed by atoms with E-state index in [1.165, 1.54) is 0 Å². The number of carbonyl (C=O) groups is 2. The summed E-state index contributed by atoms with van der Waals surface area (Å²) in [6.45, 7) is 7.86. The SMILES string of the molecule is C=Cc1c(C)c2c(c(O)c1C/C=C(/C)C1CCCC1C(=O)O)C(=O)OC2. The number of fused-ring (bicyclic) bond motifs is 1. The fourth-order valence-corrected chi connectivity index (χ4v) is 4.31. The molecule has 138 valence electrons. The molecule has 0 aromatic heterocycles. The molecular weight excluding hydrogens is 332 g/mol. The van der Waals surface area contributed by atoms with E-state index in [9.17, 15) is 19.8 Å². The number of hydrogen-bond donors (Lipinski definition) is 2. The zero-order valence-electron chi connectivity index (χ0n) is 15.2. The third-order valence-electron chi connectivity index (χ3n) is 5.81. The van der Waals surface area contributed by atoms with Gasteiger partial charge in [0.15, 0.2) is 0 Å². The molecule has 2 aliphatic rings. The van der Waals surface area contributed by atoms with E-state index in [-0.39, 0.29) is 29.8 Å². The van der Waals surface area contributed by atoms with Crippen LogP contribution in [0.4, 0.5) is 0 Å². The van der Waals surface area contributed by atoms with Gasteiger partial charge in [-0.3, -0.25) is 4.79 Å². The molecule has 2 atom stereocenters. The monoisotopic (exact) mass is 356 g/mol. The lowest BCUT2D eigenvalue weighted by atomic mass is 9.87. The number of carboxylic acids is 1. The molecule has 1 heterocycles. The van der Waals surface area contributed by atoms with Crippen molar-refractivity contribution >= 4 is 18.0 Å². The number of phenolic OH excluding ortho intramolecular Hbond substituents is 1. The number of hydrogen-bond acceptors (Lipinski definition) is 4. The van der Waals surface area contributed by atoms with Gasteiger partial charge in [0.05, 0.1) is 5.92 Å². The number of aliphatic carboxylic acids is 1. The van der Waals surface area contributed by atoms with Gasteiger partial charge in [-0.15, -0.1) is 0 Å². The van der Waals surface area contributed by atoms with E-state index in [4.69, 9.17) is 4.74 Å². The molecule has 5 heteroatoms. The summed E-state index contributed by atoms with van der Waals surface area (Å²) in [5.74, 6) is -1.60. The highest BCUT2D eigenvalue weighted by Crippen LogP contribution is 2.40. The maximum absolute atomic E-state index is 12.0. The van der Waals surface area contributed by atoms with Crippen LogP contribution in [-0.4, -0.2) is 22.2 Å². The molecule has 1 aliphatic carbocycles. The molecule has 0 radical (unpaired) electrons. The summed E-state index contributed by atoms with van der Waals surface area (Å²) in [4.78, 5) is 23.4. The number of esters is 1. The van der Waals surface area contributed by atoms with Gasteiger partial charge in [0.25, 0.3) is 0 Å². The molecule has 1 aliphatic heterocycles. The van der Waals surface area contributed by atoms with Crippen LogP contribution >= 0.6 is 0 Å². The molecule has 0 saturated heterocycles. The third kappa shape index (κ3) is 2.91. The maximum atomic E-state index is 12.0. The first-order chi connectivity index (χ1) is 12.4. The predicted molar refractivity (Wildman–Crippen MR) is 98.0 cm³/mol. The number of allylic oxidation sites excluding steroid dienone is 2. The van der Waals surface area contributed by atoms with Gasteiger partial charge in [-0.25, -0.2) is 4.79 Å². The van der Waals surface area contributed by atoms with Crippen LogP contribution in [0.1, 0.15) is 58.8 Å². The average molecular weight is 356 g/mol. The fraction of sp³-hybridized carbons (Fsp3) is 0.429. The van der Waals surface area contributed by atoms with Gasteiger partial charge in [-0.05, 0) is 50.2 Å². The van der Waals surface area contributed by atoms with Gasteiger partial charge < -0.3 is 14.9 Å². The van der Waals surface area contributed by atoms with Crippen molar-refractivity contribution in [3.05, 3.63) is 46.0 Å². The largest absolute Gasteiger partial charge is 0.507 e. The Balaban J connectivity index is 1.96. The van der Waals surface area contributed by atoms with Crippen molar-refractivity contribution < 1.29 is 24.5 Å². The molecule has 3 rings (SSSR count). The number of cyclic esters (lactones) is 1. The third-order valence-corrected chi connectivity index (χ3v) is 5.81. The van der Waals surface area contributed by atoms with Crippen molar-refractivity contribution in [1.82, 2.24) is 0 Å². The van der Waals surface area contributed by atoms with E-state index in [2.05, 4.69) is 6.58 Å². The molecule has 1 saturated carbocycles. The molecule has 2 unspecified atom stereocenters. The highest BCUT2D eigenvalue weighted by atomic mass is 16.5. The van der Waals surface area contributed by atoms with Crippen molar-refractivity contribution in [2.24, 2.45) is 11.8 Å². The average Bonchev–Trinajstić information content (AvgIpc) is 3.23. The van der Waals surface area contributed by atoms with E-state index < -0.39 is 11.9 Å². The molecule has 0 bridgehead atoms. The Kier molecular flexibility index (Phi) is 4.90. The Hall–Kier alpha value is -2.56. The first kappa shape index (κ1) is 18.2. The van der Waals surface area contributed by atoms with Crippen molar-refractivity contribution in [1.29, 1.82) is 0 Å². The molecular formula is C21H24O5. The highest BCUT2D eigenvalue weighted by Gasteiger charge is 2.34. The summed E-state index contributed by atoms with van der Waals surface area (Å²) in [6, 6.07) is 0. The van der Waals surface area contributed by atoms with Crippen LogP contribution in [0.5, 0.6) is 5.75 Å². The second-order valence-corrected chi connectivity index (χ2v) is 7.13. The van der Waals surface area contributed by atoms with Crippen LogP contribution in [0.3, 0.4) is 0 Å². The van der Waals surface area contributed by atoms with Gasteiger partial charge in [0.2, 0.25) is 0 Å². The number of carboxylic acid groups (broad SMARTS) is 1. The summed E-state index contributed by atoms with van der Waals surface area (Å²) >= 11 is 0. The summed E-state index contributed by atoms with van der Waals surface area (Å²) in [7, 11) is 0. The summed E-state index contributed by atoms with van der Waals surface area (Å²) < 4.78 is 5.07. The number of rotatable bonds is 5. The van der Waals surface area contributed by atoms with E-state index in [1.807, 2.05) is 19.9 Å². The molecule has 1 fully saturated rings. The Morgan fingerprint density at radius 1 is 1.35 bits per heavy atom. The van der Waals surface area contributed by atoms with E-state index in [1.54, 1.807) is 6.08 Å². The number of carbonyl (C=O) groups excluding carboxylic acids is 1. The zero-order chi connectivity index (χ0) is 19.0. The molecule has 26 heavy (non-hydrogen) atoms. The molecule has 0 amide bonds. The normalized spacial score (nSPS) is 22.2. The maximum Gasteiger partial charge on any atom is 0.342 e. The summed E-state index contributed by atoms with van der Waals surface area (Å²) in [6.07, 6.45) is 6.57. The quantitative estimate of drug-likeness (QED) is 0.615. The van der Waals surface area contributed by atoms with Crippen LogP contribution in [0.15, 0.2) is 18.2 Å². The summed E-state index contributed by atoms with van der Waals surface area (Å²) in [5, 5.41) is 20.0. The minimum absolute atomic E-state index is 0.0299. The number of phenols is 1. The lowest BCUT2D eigenvalue weighted by Gasteiger charge is -2.18. The standard InChI is InChI=1S/C21H24O5/c1-4-13-12(3)17-10-26-21(25)18(17)19(22)15(13)9-8-11(2)14-6-5-7-16(14)20(23)24/h4,8,14,16,22H,1,5-7,9-10H2,2-3H3,(H,23,24)/b11-8-. The van der Waals surface area contributed by atoms with Crippen molar-refractivity contribution in [3.8, 4) is 5.75 Å². The van der Waals surface area contributed by atoms with Gasteiger partial charge in [-0.1, -0.05) is 30.7 Å². The van der Waals surface area contributed by atoms with Crippen molar-refractivity contribution in [3.63, 3.8) is 0 Å². The fourth-order valence-electron chi connectivity index (χ4n) is 4.31. The second-order valence-electron chi connectivity index (χ2n) is 7.13. The van der Waals surface area contributed by atoms with Crippen LogP contribution in [0.2, 0.25) is 0 Å². The van der Waals surface area contributed by atoms with E-state index >= 15 is 0 Å². The molecule has 0 spiro atoms. The first-order valence-corrected chi connectivity index (χ1v) is 8.93. The molecule has 5 nitrogen and oxygen atoms in total. The van der Waals surface area contributed by atoms with E-state index in [0.29, 0.717) is 24.0 Å². The number of ether oxygens (including phenoxy) is 1. The van der Waals surface area contributed by atoms with Gasteiger partial charge in [0.1, 0.15) is 17.9 Å². The van der Waals surface area contributed by atoms with Crippen LogP contribution in [-0.2, 0) is 22.6 Å². The number of benzene rings is 1. The Morgan fingerprint density at radius 2 is 2.04 bits per heavy atom. The lowest BCUT2D eigenvalue weighted by Crippen LogP contribution is -2.19. The van der Waals surface area contributed by atoms with Crippen molar-refractivity contribution in [2.75, 3.05) is 0 Å². The Labute approximate surface area is 153 Å². The Morgan fingerprint density at radius 3 is 2.69 bits per heavy atom. The van der Waals surface area contributed by atoms with Crippen LogP contribution in [0, 0.1) is 18.8 Å². The smallest absolute Gasteiger partial charge is 0.342 e.